The van der Waals surface area contributed by atoms with Crippen LogP contribution in [0.5, 0.6) is 0 Å². The average molecular weight is 377 g/mol. The summed E-state index contributed by atoms with van der Waals surface area (Å²) >= 11 is 7.19. The van der Waals surface area contributed by atoms with Crippen molar-refractivity contribution in [3.05, 3.63) is 57.2 Å². The van der Waals surface area contributed by atoms with Gasteiger partial charge in [-0.25, -0.2) is 4.79 Å². The number of barbiturate groups is 1. The fourth-order valence-corrected chi connectivity index (χ4v) is 3.57. The molecule has 1 saturated heterocycles. The third kappa shape index (κ3) is 3.78. The van der Waals surface area contributed by atoms with Crippen LogP contribution >= 0.6 is 22.9 Å². The van der Waals surface area contributed by atoms with Gasteiger partial charge in [0.05, 0.1) is 4.88 Å². The molecule has 1 aliphatic rings. The molecule has 2 heterocycles. The lowest BCUT2D eigenvalue weighted by molar-refractivity contribution is -0.136. The molecule has 3 rings (SSSR count). The van der Waals surface area contributed by atoms with Gasteiger partial charge in [0.1, 0.15) is 5.92 Å². The van der Waals surface area contributed by atoms with Crippen molar-refractivity contribution >= 4 is 46.6 Å². The highest BCUT2D eigenvalue weighted by atomic mass is 35.5. The van der Waals surface area contributed by atoms with Crippen molar-refractivity contribution in [2.24, 2.45) is 5.92 Å². The number of rotatable bonds is 5. The van der Waals surface area contributed by atoms with Crippen molar-refractivity contribution in [1.82, 2.24) is 10.6 Å². The normalized spacial score (nSPS) is 16.3. The summed E-state index contributed by atoms with van der Waals surface area (Å²) in [5.41, 5.74) is 0.624. The molecular weight excluding hydrogens is 364 g/mol. The second-order valence-electron chi connectivity index (χ2n) is 5.55. The number of carbonyl (C=O) groups is 4. The van der Waals surface area contributed by atoms with Crippen LogP contribution in [0.1, 0.15) is 27.6 Å². The van der Waals surface area contributed by atoms with Gasteiger partial charge in [0, 0.05) is 17.4 Å². The molecule has 0 bridgehead atoms. The summed E-state index contributed by atoms with van der Waals surface area (Å²) in [7, 11) is 0. The molecule has 6 nitrogen and oxygen atoms in total. The highest BCUT2D eigenvalue weighted by Crippen LogP contribution is 2.32. The van der Waals surface area contributed by atoms with Gasteiger partial charge in [-0.15, -0.1) is 11.3 Å². The third-order valence-corrected chi connectivity index (χ3v) is 5.10. The van der Waals surface area contributed by atoms with Gasteiger partial charge in [0.15, 0.2) is 5.78 Å². The van der Waals surface area contributed by atoms with E-state index < -0.39 is 29.7 Å². The van der Waals surface area contributed by atoms with Gasteiger partial charge in [0.25, 0.3) is 0 Å². The largest absolute Gasteiger partial charge is 0.328 e. The van der Waals surface area contributed by atoms with Gasteiger partial charge >= 0.3 is 6.03 Å². The molecule has 2 N–H and O–H groups in total. The van der Waals surface area contributed by atoms with E-state index in [9.17, 15) is 19.2 Å². The SMILES string of the molecule is O=C1NC(=O)C(C(CC(=O)c2cccs2)c2ccc(Cl)cc2)C(=O)N1. The molecule has 1 aromatic heterocycles. The number of imide groups is 2. The van der Waals surface area contributed by atoms with Crippen molar-refractivity contribution < 1.29 is 19.2 Å². The Hall–Kier alpha value is -2.51. The molecule has 128 valence electrons. The van der Waals surface area contributed by atoms with E-state index in [1.165, 1.54) is 11.3 Å². The number of urea groups is 1. The monoisotopic (exact) mass is 376 g/mol. The van der Waals surface area contributed by atoms with Gasteiger partial charge in [-0.3, -0.25) is 25.0 Å². The fourth-order valence-electron chi connectivity index (χ4n) is 2.77. The van der Waals surface area contributed by atoms with E-state index >= 15 is 0 Å². The molecule has 2 aromatic rings. The highest BCUT2D eigenvalue weighted by molar-refractivity contribution is 7.12. The number of hydrogen-bond acceptors (Lipinski definition) is 5. The molecule has 1 unspecified atom stereocenters. The average Bonchev–Trinajstić information content (AvgIpc) is 3.08. The van der Waals surface area contributed by atoms with E-state index in [0.717, 1.165) is 0 Å². The molecule has 1 aliphatic heterocycles. The molecule has 1 fully saturated rings. The van der Waals surface area contributed by atoms with Gasteiger partial charge in [0.2, 0.25) is 11.8 Å². The molecule has 8 heteroatoms. The summed E-state index contributed by atoms with van der Waals surface area (Å²) in [5.74, 6) is -3.49. The molecule has 25 heavy (non-hydrogen) atoms. The second-order valence-corrected chi connectivity index (χ2v) is 6.93. The Bertz CT molecular complexity index is 813. The number of Topliss-reactive ketones (excluding diaryl/α,β-unsaturated/α-hetero) is 1. The van der Waals surface area contributed by atoms with E-state index in [2.05, 4.69) is 10.6 Å². The van der Waals surface area contributed by atoms with E-state index in [1.807, 2.05) is 0 Å². The number of carbonyl (C=O) groups excluding carboxylic acids is 4. The summed E-state index contributed by atoms with van der Waals surface area (Å²) in [4.78, 5) is 48.8. The summed E-state index contributed by atoms with van der Waals surface area (Å²) in [5, 5.41) is 6.45. The first kappa shape index (κ1) is 17.3. The Labute approximate surface area is 152 Å². The maximum Gasteiger partial charge on any atom is 0.328 e. The van der Waals surface area contributed by atoms with Crippen LogP contribution in [-0.2, 0) is 9.59 Å². The standard InChI is InChI=1S/C17H13ClN2O4S/c18-10-5-3-9(4-6-10)11(8-12(21)13-2-1-7-25-13)14-15(22)19-17(24)20-16(14)23/h1-7,11,14H,8H2,(H2,19,20,22,23,24). The fraction of sp³-hybridized carbons (Fsp3) is 0.176. The zero-order chi connectivity index (χ0) is 18.0. The first-order valence-electron chi connectivity index (χ1n) is 7.43. The van der Waals surface area contributed by atoms with Crippen LogP contribution in [-0.4, -0.2) is 23.6 Å². The van der Waals surface area contributed by atoms with Crippen LogP contribution in [0, 0.1) is 5.92 Å². The Kier molecular flexibility index (Phi) is 4.96. The minimum atomic E-state index is -1.18. The van der Waals surface area contributed by atoms with Crippen LogP contribution in [0.3, 0.4) is 0 Å². The first-order valence-corrected chi connectivity index (χ1v) is 8.69. The van der Waals surface area contributed by atoms with Crippen LogP contribution in [0.2, 0.25) is 5.02 Å². The smallest absolute Gasteiger partial charge is 0.293 e. The van der Waals surface area contributed by atoms with Crippen LogP contribution < -0.4 is 10.6 Å². The zero-order valence-corrected chi connectivity index (χ0v) is 14.4. The number of amides is 4. The molecule has 1 atom stereocenters. The number of halogens is 1. The van der Waals surface area contributed by atoms with Gasteiger partial charge < -0.3 is 0 Å². The molecule has 1 aromatic carbocycles. The van der Waals surface area contributed by atoms with Crippen molar-refractivity contribution in [1.29, 1.82) is 0 Å². The van der Waals surface area contributed by atoms with E-state index in [4.69, 9.17) is 11.6 Å². The molecular formula is C17H13ClN2O4S. The molecule has 0 radical (unpaired) electrons. The van der Waals surface area contributed by atoms with Crippen molar-refractivity contribution in [2.45, 2.75) is 12.3 Å². The van der Waals surface area contributed by atoms with Gasteiger partial charge in [-0.2, -0.15) is 0 Å². The number of hydrogen-bond donors (Lipinski definition) is 2. The van der Waals surface area contributed by atoms with Gasteiger partial charge in [-0.05, 0) is 29.1 Å². The topological polar surface area (TPSA) is 92.3 Å². The lowest BCUT2D eigenvalue weighted by Gasteiger charge is -2.28. The van der Waals surface area contributed by atoms with Crippen molar-refractivity contribution in [3.8, 4) is 0 Å². The quantitative estimate of drug-likeness (QED) is 0.620. The Morgan fingerprint density at radius 2 is 1.72 bits per heavy atom. The predicted molar refractivity (Wildman–Crippen MR) is 92.6 cm³/mol. The summed E-state index contributed by atoms with van der Waals surface area (Å²) in [6, 6.07) is 9.19. The van der Waals surface area contributed by atoms with Crippen molar-refractivity contribution in [2.75, 3.05) is 0 Å². The first-order chi connectivity index (χ1) is 12.0. The molecule has 4 amide bonds. The number of nitrogens with one attached hydrogen (secondary N) is 2. The van der Waals surface area contributed by atoms with Crippen LogP contribution in [0.15, 0.2) is 41.8 Å². The Morgan fingerprint density at radius 3 is 2.28 bits per heavy atom. The molecule has 0 spiro atoms. The van der Waals surface area contributed by atoms with E-state index in [-0.39, 0.29) is 12.2 Å². The maximum atomic E-state index is 12.5. The summed E-state index contributed by atoms with van der Waals surface area (Å²) in [6.45, 7) is 0. The number of thiophene rings is 1. The molecule has 0 aliphatic carbocycles. The van der Waals surface area contributed by atoms with Gasteiger partial charge in [-0.1, -0.05) is 29.8 Å². The summed E-state index contributed by atoms with van der Waals surface area (Å²) < 4.78 is 0. The zero-order valence-electron chi connectivity index (χ0n) is 12.8. The van der Waals surface area contributed by atoms with E-state index in [1.54, 1.807) is 41.8 Å². The number of benzene rings is 1. The summed E-state index contributed by atoms with van der Waals surface area (Å²) in [6.07, 6.45) is -0.0398. The Morgan fingerprint density at radius 1 is 1.08 bits per heavy atom. The third-order valence-electron chi connectivity index (χ3n) is 3.94. The van der Waals surface area contributed by atoms with Crippen LogP contribution in [0.25, 0.3) is 0 Å². The minimum absolute atomic E-state index is 0.0398. The van der Waals surface area contributed by atoms with Crippen LogP contribution in [0.4, 0.5) is 4.79 Å². The lowest BCUT2D eigenvalue weighted by Crippen LogP contribution is -2.57. The Balaban J connectivity index is 1.95. The lowest BCUT2D eigenvalue weighted by atomic mass is 9.80. The van der Waals surface area contributed by atoms with E-state index in [0.29, 0.717) is 15.5 Å². The minimum Gasteiger partial charge on any atom is -0.293 e. The van der Waals surface area contributed by atoms with Crippen molar-refractivity contribution in [3.63, 3.8) is 0 Å². The predicted octanol–water partition coefficient (Wildman–Crippen LogP) is 2.74. The second kappa shape index (κ2) is 7.16. The molecule has 0 saturated carbocycles. The highest BCUT2D eigenvalue weighted by Gasteiger charge is 2.41. The maximum absolute atomic E-state index is 12.5. The number of ketones is 1.